The van der Waals surface area contributed by atoms with Crippen LogP contribution in [0.15, 0.2) is 18.2 Å². The number of methoxy groups -OCH3 is 1. The van der Waals surface area contributed by atoms with E-state index in [4.69, 9.17) is 9.84 Å². The van der Waals surface area contributed by atoms with E-state index < -0.39 is 52.9 Å². The zero-order valence-electron chi connectivity index (χ0n) is 15.6. The number of carbonyl (C=O) groups excluding carboxylic acids is 3. The number of nitrogens with zero attached hydrogens (tertiary/aromatic N) is 1. The zero-order valence-corrected chi connectivity index (χ0v) is 15.6. The molecule has 0 saturated carbocycles. The maximum absolute atomic E-state index is 14.0. The van der Waals surface area contributed by atoms with Crippen molar-refractivity contribution in [1.82, 2.24) is 10.2 Å². The van der Waals surface area contributed by atoms with Gasteiger partial charge in [0.05, 0.1) is 25.0 Å². The largest absolute Gasteiger partial charge is 0.481 e. The monoisotopic (exact) mass is 405 g/mol. The van der Waals surface area contributed by atoms with Gasteiger partial charge in [-0.3, -0.25) is 29.4 Å². The number of ether oxygens (including phenoxy) is 1. The average molecular weight is 405 g/mol. The van der Waals surface area contributed by atoms with Gasteiger partial charge in [0.25, 0.3) is 0 Å². The summed E-state index contributed by atoms with van der Waals surface area (Å²) in [5, 5.41) is 14.8. The van der Waals surface area contributed by atoms with Gasteiger partial charge in [-0.25, -0.2) is 4.39 Å². The van der Waals surface area contributed by atoms with Crippen molar-refractivity contribution in [3.8, 4) is 0 Å². The number of halogens is 1. The van der Waals surface area contributed by atoms with Gasteiger partial charge in [-0.05, 0) is 24.6 Å². The third-order valence-electron chi connectivity index (χ3n) is 5.96. The average Bonchev–Trinajstić information content (AvgIpc) is 3.24. The Balaban J connectivity index is 1.81. The first-order chi connectivity index (χ1) is 13.8. The quantitative estimate of drug-likeness (QED) is 0.572. The molecule has 1 aromatic carbocycles. The Morgan fingerprint density at radius 2 is 2.07 bits per heavy atom. The number of rotatable bonds is 6. The molecule has 3 aliphatic heterocycles. The van der Waals surface area contributed by atoms with Gasteiger partial charge in [0.1, 0.15) is 11.4 Å². The summed E-state index contributed by atoms with van der Waals surface area (Å²) in [6.45, 7) is 0.162. The van der Waals surface area contributed by atoms with E-state index in [-0.39, 0.29) is 31.6 Å². The van der Waals surface area contributed by atoms with Gasteiger partial charge in [0.2, 0.25) is 17.7 Å². The molecular formula is C19H20FN3O6. The first-order valence-electron chi connectivity index (χ1n) is 9.26. The summed E-state index contributed by atoms with van der Waals surface area (Å²) in [5.74, 6) is -5.23. The molecule has 0 aliphatic carbocycles. The Morgan fingerprint density at radius 1 is 1.31 bits per heavy atom. The van der Waals surface area contributed by atoms with Crippen LogP contribution in [0.4, 0.5) is 10.1 Å². The molecule has 1 spiro atoms. The van der Waals surface area contributed by atoms with Crippen LogP contribution in [0.2, 0.25) is 0 Å². The van der Waals surface area contributed by atoms with Crippen LogP contribution < -0.4 is 10.6 Å². The Bertz CT molecular complexity index is 921. The van der Waals surface area contributed by atoms with Crippen molar-refractivity contribution in [2.24, 2.45) is 11.8 Å². The molecule has 3 heterocycles. The predicted octanol–water partition coefficient (Wildman–Crippen LogP) is 0.0573. The van der Waals surface area contributed by atoms with Crippen molar-refractivity contribution < 1.29 is 33.4 Å². The molecule has 29 heavy (non-hydrogen) atoms. The Morgan fingerprint density at radius 3 is 2.76 bits per heavy atom. The van der Waals surface area contributed by atoms with Gasteiger partial charge in [0.15, 0.2) is 0 Å². The molecule has 2 saturated heterocycles. The van der Waals surface area contributed by atoms with Gasteiger partial charge in [-0.2, -0.15) is 0 Å². The highest BCUT2D eigenvalue weighted by molar-refractivity contribution is 6.15. The summed E-state index contributed by atoms with van der Waals surface area (Å²) in [5.41, 5.74) is -1.01. The molecule has 9 nitrogen and oxygen atoms in total. The minimum absolute atomic E-state index is 0.0283. The van der Waals surface area contributed by atoms with Gasteiger partial charge >= 0.3 is 5.97 Å². The van der Waals surface area contributed by atoms with Crippen molar-refractivity contribution in [2.45, 2.75) is 24.4 Å². The number of carboxylic acid groups (broad SMARTS) is 1. The number of anilines is 1. The second-order valence-corrected chi connectivity index (χ2v) is 7.46. The predicted molar refractivity (Wildman–Crippen MR) is 96.1 cm³/mol. The SMILES string of the molecule is COCCN1C(=O)[C@@H]2[C@@H](C1=O)[C@@]1(N[C@@H]2CCC(=O)O)C(=O)Nc2ccc(F)cc21. The van der Waals surface area contributed by atoms with Crippen LogP contribution >= 0.6 is 0 Å². The molecule has 3 aliphatic rings. The van der Waals surface area contributed by atoms with E-state index in [2.05, 4.69) is 10.6 Å². The normalized spacial score (nSPS) is 30.1. The number of imide groups is 1. The highest BCUT2D eigenvalue weighted by Crippen LogP contribution is 2.53. The molecule has 4 rings (SSSR count). The lowest BCUT2D eigenvalue weighted by Gasteiger charge is -2.29. The van der Waals surface area contributed by atoms with E-state index in [0.717, 1.165) is 4.90 Å². The highest BCUT2D eigenvalue weighted by atomic mass is 19.1. The lowest BCUT2D eigenvalue weighted by molar-refractivity contribution is -0.144. The highest BCUT2D eigenvalue weighted by Gasteiger charge is 2.70. The number of hydrogen-bond donors (Lipinski definition) is 3. The molecule has 0 radical (unpaired) electrons. The summed E-state index contributed by atoms with van der Waals surface area (Å²) in [6.07, 6.45) is -0.193. The number of fused-ring (bicyclic) bond motifs is 4. The lowest BCUT2D eigenvalue weighted by atomic mass is 9.76. The van der Waals surface area contributed by atoms with Crippen molar-refractivity contribution >= 4 is 29.4 Å². The molecule has 0 aromatic heterocycles. The second-order valence-electron chi connectivity index (χ2n) is 7.46. The third kappa shape index (κ3) is 2.74. The molecule has 2 fully saturated rings. The van der Waals surface area contributed by atoms with Gasteiger partial charge in [0, 0.05) is 30.8 Å². The molecular weight excluding hydrogens is 385 g/mol. The molecule has 0 bridgehead atoms. The van der Waals surface area contributed by atoms with Crippen molar-refractivity contribution in [2.75, 3.05) is 25.6 Å². The van der Waals surface area contributed by atoms with E-state index in [9.17, 15) is 23.6 Å². The van der Waals surface area contributed by atoms with Gasteiger partial charge < -0.3 is 15.2 Å². The Kier molecular flexibility index (Phi) is 4.62. The van der Waals surface area contributed by atoms with Crippen molar-refractivity contribution in [1.29, 1.82) is 0 Å². The molecule has 0 unspecified atom stereocenters. The number of likely N-dealkylation sites (tertiary alicyclic amines) is 1. The fourth-order valence-corrected chi connectivity index (χ4v) is 4.76. The van der Waals surface area contributed by atoms with E-state index >= 15 is 0 Å². The fraction of sp³-hybridized carbons (Fsp3) is 0.474. The van der Waals surface area contributed by atoms with Crippen LogP contribution in [0.1, 0.15) is 18.4 Å². The minimum Gasteiger partial charge on any atom is -0.481 e. The van der Waals surface area contributed by atoms with Gasteiger partial charge in [-0.1, -0.05) is 0 Å². The smallest absolute Gasteiger partial charge is 0.303 e. The number of amides is 3. The third-order valence-corrected chi connectivity index (χ3v) is 5.96. The molecule has 3 amide bonds. The number of carbonyl (C=O) groups is 4. The summed E-state index contributed by atoms with van der Waals surface area (Å²) in [6, 6.07) is 3.05. The van der Waals surface area contributed by atoms with E-state index in [0.29, 0.717) is 5.69 Å². The van der Waals surface area contributed by atoms with E-state index in [1.54, 1.807) is 0 Å². The summed E-state index contributed by atoms with van der Waals surface area (Å²) in [4.78, 5) is 51.4. The fourth-order valence-electron chi connectivity index (χ4n) is 4.76. The maximum atomic E-state index is 14.0. The van der Waals surface area contributed by atoms with E-state index in [1.807, 2.05) is 0 Å². The van der Waals surface area contributed by atoms with Crippen LogP contribution in [0.25, 0.3) is 0 Å². The van der Waals surface area contributed by atoms with Crippen LogP contribution in [-0.2, 0) is 29.5 Å². The first-order valence-corrected chi connectivity index (χ1v) is 9.26. The second kappa shape index (κ2) is 6.89. The Hall–Kier alpha value is -2.85. The number of carboxylic acids is 1. The number of nitrogens with one attached hydrogen (secondary N) is 2. The van der Waals surface area contributed by atoms with Gasteiger partial charge in [-0.15, -0.1) is 0 Å². The van der Waals surface area contributed by atoms with Crippen LogP contribution in [0.5, 0.6) is 0 Å². The molecule has 1 aromatic rings. The molecule has 3 N–H and O–H groups in total. The van der Waals surface area contributed by atoms with E-state index in [1.165, 1.54) is 25.3 Å². The summed E-state index contributed by atoms with van der Waals surface area (Å²) >= 11 is 0. The molecule has 154 valence electrons. The summed E-state index contributed by atoms with van der Waals surface area (Å²) < 4.78 is 19.0. The Labute approximate surface area is 165 Å². The minimum atomic E-state index is -1.63. The van der Waals surface area contributed by atoms with Crippen molar-refractivity contribution in [3.05, 3.63) is 29.6 Å². The lowest BCUT2D eigenvalue weighted by Crippen LogP contribution is -2.53. The van der Waals surface area contributed by atoms with Crippen LogP contribution in [-0.4, -0.2) is 60.0 Å². The van der Waals surface area contributed by atoms with Crippen LogP contribution in [0, 0.1) is 17.7 Å². The standard InChI is InChI=1S/C19H20FN3O6/c1-29-7-6-23-16(26)14-12(4-5-13(24)25)22-19(15(14)17(23)27)10-8-9(20)2-3-11(10)21-18(19)28/h2-3,8,12,14-15,22H,4-7H2,1H3,(H,21,28)(H,24,25)/t12-,14+,15+,19-/m1/s1. The zero-order chi connectivity index (χ0) is 20.9. The van der Waals surface area contributed by atoms with Crippen molar-refractivity contribution in [3.63, 3.8) is 0 Å². The topological polar surface area (TPSA) is 125 Å². The molecule has 4 atom stereocenters. The number of benzene rings is 1. The maximum Gasteiger partial charge on any atom is 0.303 e. The number of hydrogen-bond acceptors (Lipinski definition) is 6. The molecule has 10 heteroatoms. The summed E-state index contributed by atoms with van der Waals surface area (Å²) in [7, 11) is 1.44. The van der Waals surface area contributed by atoms with Crippen LogP contribution in [0.3, 0.4) is 0 Å². The first kappa shape index (κ1) is 19.5. The number of aliphatic carboxylic acids is 1.